The van der Waals surface area contributed by atoms with Gasteiger partial charge in [0.15, 0.2) is 5.69 Å². The van der Waals surface area contributed by atoms with Crippen LogP contribution >= 0.6 is 0 Å². The van der Waals surface area contributed by atoms with Crippen LogP contribution in [-0.4, -0.2) is 58.0 Å². The fourth-order valence-corrected chi connectivity index (χ4v) is 3.27. The van der Waals surface area contributed by atoms with Crippen molar-refractivity contribution in [2.45, 2.75) is 38.9 Å². The smallest absolute Gasteiger partial charge is 0.409 e. The van der Waals surface area contributed by atoms with Gasteiger partial charge >= 0.3 is 6.09 Å². The molecule has 1 atom stereocenters. The van der Waals surface area contributed by atoms with E-state index in [-0.39, 0.29) is 6.09 Å². The van der Waals surface area contributed by atoms with Crippen molar-refractivity contribution in [1.82, 2.24) is 19.6 Å². The topological polar surface area (TPSA) is 74.4 Å². The Morgan fingerprint density at radius 3 is 3.14 bits per heavy atom. The van der Waals surface area contributed by atoms with E-state index >= 15 is 0 Å². The van der Waals surface area contributed by atoms with E-state index in [0.29, 0.717) is 18.3 Å². The quantitative estimate of drug-likeness (QED) is 0.820. The van der Waals surface area contributed by atoms with Gasteiger partial charge in [-0.1, -0.05) is 0 Å². The summed E-state index contributed by atoms with van der Waals surface area (Å²) in [4.78, 5) is 16.0. The van der Waals surface area contributed by atoms with Gasteiger partial charge in [-0.3, -0.25) is 9.58 Å². The average molecular weight is 303 g/mol. The molecule has 0 radical (unpaired) electrons. The summed E-state index contributed by atoms with van der Waals surface area (Å²) >= 11 is 0. The van der Waals surface area contributed by atoms with Crippen LogP contribution in [0.5, 0.6) is 0 Å². The molecule has 7 heteroatoms. The normalized spacial score (nSPS) is 22.0. The number of amides is 1. The van der Waals surface area contributed by atoms with Gasteiger partial charge in [0, 0.05) is 38.8 Å². The minimum Gasteiger partial charge on any atom is -0.450 e. The number of carbonyl (C=O) groups excluding carboxylic acids is 1. The van der Waals surface area contributed by atoms with E-state index in [1.165, 1.54) is 0 Å². The Balaban J connectivity index is 1.66. The number of nitriles is 1. The molecule has 0 aliphatic carbocycles. The van der Waals surface area contributed by atoms with E-state index in [1.54, 1.807) is 4.90 Å². The molecule has 1 aromatic heterocycles. The van der Waals surface area contributed by atoms with Crippen LogP contribution in [0.25, 0.3) is 0 Å². The van der Waals surface area contributed by atoms with Crippen molar-refractivity contribution in [3.8, 4) is 6.07 Å². The van der Waals surface area contributed by atoms with E-state index in [4.69, 9.17) is 10.00 Å². The SMILES string of the molecule is CCOC(=O)N1CC[C@H](N2CCCn3nc(C#N)cc3C2)C1. The molecule has 1 amide bonds. The molecule has 118 valence electrons. The molecule has 1 aromatic rings. The second kappa shape index (κ2) is 6.36. The maximum atomic E-state index is 11.8. The molecule has 3 heterocycles. The maximum Gasteiger partial charge on any atom is 0.409 e. The van der Waals surface area contributed by atoms with Gasteiger partial charge in [-0.25, -0.2) is 4.79 Å². The largest absolute Gasteiger partial charge is 0.450 e. The Bertz CT molecular complexity index is 591. The Labute approximate surface area is 130 Å². The second-order valence-electron chi connectivity index (χ2n) is 5.77. The summed E-state index contributed by atoms with van der Waals surface area (Å²) in [5.41, 5.74) is 1.57. The first-order valence-corrected chi connectivity index (χ1v) is 7.84. The summed E-state index contributed by atoms with van der Waals surface area (Å²) < 4.78 is 7.02. The van der Waals surface area contributed by atoms with Crippen LogP contribution < -0.4 is 0 Å². The number of hydrogen-bond acceptors (Lipinski definition) is 5. The zero-order chi connectivity index (χ0) is 15.5. The summed E-state index contributed by atoms with van der Waals surface area (Å²) in [5, 5.41) is 13.3. The number of aryl methyl sites for hydroxylation is 1. The highest BCUT2D eigenvalue weighted by Crippen LogP contribution is 2.22. The van der Waals surface area contributed by atoms with E-state index < -0.39 is 0 Å². The van der Waals surface area contributed by atoms with Crippen molar-refractivity contribution in [3.05, 3.63) is 17.5 Å². The van der Waals surface area contributed by atoms with Gasteiger partial charge in [-0.15, -0.1) is 0 Å². The number of nitrogens with zero attached hydrogens (tertiary/aromatic N) is 5. The van der Waals surface area contributed by atoms with Crippen LogP contribution in [0.2, 0.25) is 0 Å². The van der Waals surface area contributed by atoms with Crippen molar-refractivity contribution in [3.63, 3.8) is 0 Å². The lowest BCUT2D eigenvalue weighted by Crippen LogP contribution is -2.38. The third kappa shape index (κ3) is 2.92. The van der Waals surface area contributed by atoms with Crippen LogP contribution in [0.4, 0.5) is 4.79 Å². The van der Waals surface area contributed by atoms with Crippen LogP contribution in [0, 0.1) is 11.3 Å². The van der Waals surface area contributed by atoms with Gasteiger partial charge in [0.2, 0.25) is 0 Å². The molecule has 3 rings (SSSR count). The number of aromatic nitrogens is 2. The molecule has 0 saturated carbocycles. The van der Waals surface area contributed by atoms with Gasteiger partial charge in [-0.05, 0) is 25.8 Å². The van der Waals surface area contributed by atoms with Gasteiger partial charge in [0.1, 0.15) is 6.07 Å². The van der Waals surface area contributed by atoms with Crippen molar-refractivity contribution in [2.24, 2.45) is 0 Å². The van der Waals surface area contributed by atoms with E-state index in [1.807, 2.05) is 17.7 Å². The minimum absolute atomic E-state index is 0.211. The lowest BCUT2D eigenvalue weighted by molar-refractivity contribution is 0.110. The summed E-state index contributed by atoms with van der Waals surface area (Å²) in [5.74, 6) is 0. The Kier molecular flexibility index (Phi) is 4.29. The Morgan fingerprint density at radius 1 is 1.50 bits per heavy atom. The molecule has 2 aliphatic rings. The number of likely N-dealkylation sites (tertiary alicyclic amines) is 1. The fourth-order valence-electron chi connectivity index (χ4n) is 3.27. The molecule has 0 spiro atoms. The highest BCUT2D eigenvalue weighted by atomic mass is 16.6. The van der Waals surface area contributed by atoms with Crippen LogP contribution in [0.3, 0.4) is 0 Å². The third-order valence-electron chi connectivity index (χ3n) is 4.36. The molecule has 0 bridgehead atoms. The van der Waals surface area contributed by atoms with Gasteiger partial charge in [0.25, 0.3) is 0 Å². The number of hydrogen-bond donors (Lipinski definition) is 0. The summed E-state index contributed by atoms with van der Waals surface area (Å²) in [7, 11) is 0. The van der Waals surface area contributed by atoms with E-state index in [9.17, 15) is 4.79 Å². The lowest BCUT2D eigenvalue weighted by Gasteiger charge is -2.26. The summed E-state index contributed by atoms with van der Waals surface area (Å²) in [6.45, 7) is 6.35. The first kappa shape index (κ1) is 14.9. The predicted molar refractivity (Wildman–Crippen MR) is 79.0 cm³/mol. The Hall–Kier alpha value is -2.07. The van der Waals surface area contributed by atoms with Gasteiger partial charge in [-0.2, -0.15) is 10.4 Å². The number of carbonyl (C=O) groups is 1. The molecular weight excluding hydrogens is 282 g/mol. The van der Waals surface area contributed by atoms with E-state index in [0.717, 1.165) is 51.3 Å². The maximum absolute atomic E-state index is 11.8. The monoisotopic (exact) mass is 303 g/mol. The molecule has 0 N–H and O–H groups in total. The van der Waals surface area contributed by atoms with Crippen LogP contribution in [-0.2, 0) is 17.8 Å². The van der Waals surface area contributed by atoms with Crippen molar-refractivity contribution >= 4 is 6.09 Å². The first-order valence-electron chi connectivity index (χ1n) is 7.84. The standard InChI is InChI=1S/C15H21N5O2/c1-2-22-15(21)19-7-4-13(10-19)18-5-3-6-20-14(11-18)8-12(9-16)17-20/h8,13H,2-7,10-11H2,1H3/t13-/m0/s1. The van der Waals surface area contributed by atoms with Crippen LogP contribution in [0.15, 0.2) is 6.07 Å². The van der Waals surface area contributed by atoms with Crippen molar-refractivity contribution in [1.29, 1.82) is 5.26 Å². The predicted octanol–water partition coefficient (Wildman–Crippen LogP) is 1.19. The van der Waals surface area contributed by atoms with Crippen LogP contribution in [0.1, 0.15) is 31.2 Å². The first-order chi connectivity index (χ1) is 10.7. The molecule has 1 saturated heterocycles. The number of ether oxygens (including phenoxy) is 1. The number of rotatable bonds is 2. The molecular formula is C15H21N5O2. The third-order valence-corrected chi connectivity index (χ3v) is 4.36. The van der Waals surface area contributed by atoms with Crippen molar-refractivity contribution in [2.75, 3.05) is 26.2 Å². The van der Waals surface area contributed by atoms with E-state index in [2.05, 4.69) is 16.1 Å². The van der Waals surface area contributed by atoms with Gasteiger partial charge < -0.3 is 9.64 Å². The van der Waals surface area contributed by atoms with Crippen molar-refractivity contribution < 1.29 is 9.53 Å². The zero-order valence-electron chi connectivity index (χ0n) is 12.9. The molecule has 7 nitrogen and oxygen atoms in total. The lowest BCUT2D eigenvalue weighted by atomic mass is 10.2. The highest BCUT2D eigenvalue weighted by Gasteiger charge is 2.32. The highest BCUT2D eigenvalue weighted by molar-refractivity contribution is 5.68. The molecule has 1 fully saturated rings. The van der Waals surface area contributed by atoms with Gasteiger partial charge in [0.05, 0.1) is 12.3 Å². The molecule has 0 aromatic carbocycles. The fraction of sp³-hybridized carbons (Fsp3) is 0.667. The molecule has 0 unspecified atom stereocenters. The Morgan fingerprint density at radius 2 is 2.36 bits per heavy atom. The summed E-state index contributed by atoms with van der Waals surface area (Å²) in [6, 6.07) is 4.33. The summed E-state index contributed by atoms with van der Waals surface area (Å²) in [6.07, 6.45) is 1.77. The average Bonchev–Trinajstić information content (AvgIpc) is 3.10. The second-order valence-corrected chi connectivity index (χ2v) is 5.77. The number of fused-ring (bicyclic) bond motifs is 1. The zero-order valence-corrected chi connectivity index (χ0v) is 12.9. The molecule has 2 aliphatic heterocycles. The minimum atomic E-state index is -0.211. The molecule has 22 heavy (non-hydrogen) atoms.